The SMILES string of the molecule is O=C(NC(CCl)c1ccccc1)c1cc(Cl)ccc1I. The normalized spacial score (nSPS) is 11.9. The van der Waals surface area contributed by atoms with Crippen LogP contribution in [0, 0.1) is 3.57 Å². The summed E-state index contributed by atoms with van der Waals surface area (Å²) in [5.41, 5.74) is 1.54. The molecule has 0 aromatic heterocycles. The predicted molar refractivity (Wildman–Crippen MR) is 91.5 cm³/mol. The first kappa shape index (κ1) is 15.6. The van der Waals surface area contributed by atoms with Crippen LogP contribution < -0.4 is 5.32 Å². The summed E-state index contributed by atoms with van der Waals surface area (Å²) in [6.45, 7) is 0. The third-order valence-corrected chi connectivity index (χ3v) is 4.32. The number of nitrogens with one attached hydrogen (secondary N) is 1. The highest BCUT2D eigenvalue weighted by Gasteiger charge is 2.16. The summed E-state index contributed by atoms with van der Waals surface area (Å²) in [6.07, 6.45) is 0. The topological polar surface area (TPSA) is 29.1 Å². The van der Waals surface area contributed by atoms with E-state index < -0.39 is 0 Å². The van der Waals surface area contributed by atoms with Crippen LogP contribution in [0.1, 0.15) is 22.0 Å². The molecule has 104 valence electrons. The van der Waals surface area contributed by atoms with E-state index in [0.717, 1.165) is 9.13 Å². The second kappa shape index (κ2) is 7.29. The molecule has 2 nitrogen and oxygen atoms in total. The van der Waals surface area contributed by atoms with E-state index in [1.54, 1.807) is 12.1 Å². The van der Waals surface area contributed by atoms with Crippen molar-refractivity contribution in [1.29, 1.82) is 0 Å². The number of benzene rings is 2. The van der Waals surface area contributed by atoms with Gasteiger partial charge in [0.2, 0.25) is 0 Å². The summed E-state index contributed by atoms with van der Waals surface area (Å²) in [7, 11) is 0. The highest BCUT2D eigenvalue weighted by Crippen LogP contribution is 2.20. The fraction of sp³-hybridized carbons (Fsp3) is 0.133. The zero-order valence-electron chi connectivity index (χ0n) is 10.4. The van der Waals surface area contributed by atoms with E-state index in [0.29, 0.717) is 16.5 Å². The average molecular weight is 420 g/mol. The van der Waals surface area contributed by atoms with Crippen LogP contribution in [0.3, 0.4) is 0 Å². The molecule has 1 amide bonds. The van der Waals surface area contributed by atoms with Gasteiger partial charge in [-0.05, 0) is 46.4 Å². The quantitative estimate of drug-likeness (QED) is 0.567. The molecular weight excluding hydrogens is 408 g/mol. The van der Waals surface area contributed by atoms with Gasteiger partial charge in [0.25, 0.3) is 5.91 Å². The summed E-state index contributed by atoms with van der Waals surface area (Å²) < 4.78 is 0.853. The number of rotatable bonds is 4. The maximum absolute atomic E-state index is 12.3. The molecule has 5 heteroatoms. The first-order valence-electron chi connectivity index (χ1n) is 5.98. The van der Waals surface area contributed by atoms with Crippen molar-refractivity contribution in [3.05, 3.63) is 68.3 Å². The van der Waals surface area contributed by atoms with Crippen LogP contribution in [0.2, 0.25) is 5.02 Å². The van der Waals surface area contributed by atoms with Crippen LogP contribution in [-0.4, -0.2) is 11.8 Å². The van der Waals surface area contributed by atoms with Crippen molar-refractivity contribution in [3.8, 4) is 0 Å². The largest absolute Gasteiger partial charge is 0.344 e. The number of halogens is 3. The predicted octanol–water partition coefficient (Wildman–Crippen LogP) is 4.65. The molecule has 0 aliphatic carbocycles. The molecule has 0 aliphatic heterocycles. The maximum atomic E-state index is 12.3. The van der Waals surface area contributed by atoms with Crippen molar-refractivity contribution in [3.63, 3.8) is 0 Å². The lowest BCUT2D eigenvalue weighted by atomic mass is 10.1. The molecule has 0 heterocycles. The minimum atomic E-state index is -0.222. The Hall–Kier alpha value is -0.780. The molecule has 0 fully saturated rings. The summed E-state index contributed by atoms with van der Waals surface area (Å²) in [5, 5.41) is 3.47. The number of carbonyl (C=O) groups is 1. The lowest BCUT2D eigenvalue weighted by molar-refractivity contribution is 0.0939. The highest BCUT2D eigenvalue weighted by molar-refractivity contribution is 14.1. The Morgan fingerprint density at radius 3 is 2.55 bits per heavy atom. The molecule has 0 radical (unpaired) electrons. The fourth-order valence-electron chi connectivity index (χ4n) is 1.80. The van der Waals surface area contributed by atoms with E-state index in [1.807, 2.05) is 36.4 Å². The van der Waals surface area contributed by atoms with Crippen molar-refractivity contribution in [2.24, 2.45) is 0 Å². The van der Waals surface area contributed by atoms with E-state index in [1.165, 1.54) is 0 Å². The Morgan fingerprint density at radius 2 is 1.90 bits per heavy atom. The Kier molecular flexibility index (Phi) is 5.69. The van der Waals surface area contributed by atoms with Crippen LogP contribution in [-0.2, 0) is 0 Å². The van der Waals surface area contributed by atoms with Gasteiger partial charge in [0.1, 0.15) is 0 Å². The highest BCUT2D eigenvalue weighted by atomic mass is 127. The van der Waals surface area contributed by atoms with Gasteiger partial charge in [0.05, 0.1) is 11.6 Å². The first-order valence-corrected chi connectivity index (χ1v) is 7.97. The number of hydrogen-bond acceptors (Lipinski definition) is 1. The second-order valence-corrected chi connectivity index (χ2v) is 6.12. The lowest BCUT2D eigenvalue weighted by Gasteiger charge is -2.17. The van der Waals surface area contributed by atoms with Crippen molar-refractivity contribution in [2.45, 2.75) is 6.04 Å². The van der Waals surface area contributed by atoms with Crippen LogP contribution in [0.15, 0.2) is 48.5 Å². The summed E-state index contributed by atoms with van der Waals surface area (Å²) in [6, 6.07) is 14.7. The first-order chi connectivity index (χ1) is 9.61. The second-order valence-electron chi connectivity index (χ2n) is 4.22. The van der Waals surface area contributed by atoms with Gasteiger partial charge in [-0.1, -0.05) is 41.9 Å². The monoisotopic (exact) mass is 419 g/mol. The van der Waals surface area contributed by atoms with Gasteiger partial charge in [-0.15, -0.1) is 11.6 Å². The van der Waals surface area contributed by atoms with Crippen molar-refractivity contribution < 1.29 is 4.79 Å². The molecule has 1 atom stereocenters. The Bertz CT molecular complexity index is 604. The minimum Gasteiger partial charge on any atom is -0.344 e. The van der Waals surface area contributed by atoms with Crippen LogP contribution >= 0.6 is 45.8 Å². The number of amides is 1. The van der Waals surface area contributed by atoms with Crippen LogP contribution in [0.25, 0.3) is 0 Å². The number of carbonyl (C=O) groups excluding carboxylic acids is 1. The molecule has 1 N–H and O–H groups in total. The molecule has 0 aliphatic rings. The van der Waals surface area contributed by atoms with Crippen molar-refractivity contribution in [2.75, 3.05) is 5.88 Å². The van der Waals surface area contributed by atoms with E-state index in [-0.39, 0.29) is 11.9 Å². The molecule has 2 aromatic rings. The Labute approximate surface area is 141 Å². The van der Waals surface area contributed by atoms with E-state index >= 15 is 0 Å². The zero-order valence-corrected chi connectivity index (χ0v) is 14.1. The Balaban J connectivity index is 2.20. The molecule has 20 heavy (non-hydrogen) atoms. The van der Waals surface area contributed by atoms with E-state index in [4.69, 9.17) is 23.2 Å². The third-order valence-electron chi connectivity index (χ3n) is 2.83. The molecule has 0 bridgehead atoms. The molecule has 2 rings (SSSR count). The molecule has 2 aromatic carbocycles. The van der Waals surface area contributed by atoms with Crippen LogP contribution in [0.5, 0.6) is 0 Å². The van der Waals surface area contributed by atoms with E-state index in [9.17, 15) is 4.79 Å². The summed E-state index contributed by atoms with van der Waals surface area (Å²) >= 11 is 14.0. The molecule has 1 unspecified atom stereocenters. The third kappa shape index (κ3) is 3.87. The number of alkyl halides is 1. The van der Waals surface area contributed by atoms with Crippen molar-refractivity contribution >= 4 is 51.7 Å². The lowest BCUT2D eigenvalue weighted by Crippen LogP contribution is -2.30. The fourth-order valence-corrected chi connectivity index (χ4v) is 2.81. The summed E-state index contributed by atoms with van der Waals surface area (Å²) in [5.74, 6) is 0.138. The van der Waals surface area contributed by atoms with Gasteiger partial charge >= 0.3 is 0 Å². The zero-order chi connectivity index (χ0) is 14.5. The molecular formula is C15H12Cl2INO. The van der Waals surface area contributed by atoms with Crippen LogP contribution in [0.4, 0.5) is 0 Å². The van der Waals surface area contributed by atoms with Gasteiger partial charge in [-0.25, -0.2) is 0 Å². The molecule has 0 saturated carbocycles. The molecule has 0 spiro atoms. The minimum absolute atomic E-state index is 0.175. The number of hydrogen-bond donors (Lipinski definition) is 1. The van der Waals surface area contributed by atoms with E-state index in [2.05, 4.69) is 27.9 Å². The van der Waals surface area contributed by atoms with Gasteiger partial charge in [0, 0.05) is 14.5 Å². The van der Waals surface area contributed by atoms with Gasteiger partial charge < -0.3 is 5.32 Å². The average Bonchev–Trinajstić information content (AvgIpc) is 2.48. The maximum Gasteiger partial charge on any atom is 0.252 e. The van der Waals surface area contributed by atoms with Gasteiger partial charge in [0.15, 0.2) is 0 Å². The van der Waals surface area contributed by atoms with Gasteiger partial charge in [-0.3, -0.25) is 4.79 Å². The Morgan fingerprint density at radius 1 is 1.20 bits per heavy atom. The summed E-state index contributed by atoms with van der Waals surface area (Å²) in [4.78, 5) is 12.3. The smallest absolute Gasteiger partial charge is 0.252 e. The van der Waals surface area contributed by atoms with Gasteiger partial charge in [-0.2, -0.15) is 0 Å². The van der Waals surface area contributed by atoms with Crippen molar-refractivity contribution in [1.82, 2.24) is 5.32 Å². The molecule has 0 saturated heterocycles. The standard InChI is InChI=1S/C15H12Cl2INO/c16-9-14(10-4-2-1-3-5-10)19-15(20)12-8-11(17)6-7-13(12)18/h1-8,14H,9H2,(H,19,20).